The lowest BCUT2D eigenvalue weighted by Gasteiger charge is -1.69. The van der Waals surface area contributed by atoms with E-state index in [1.807, 2.05) is 19.1 Å². The fourth-order valence-corrected chi connectivity index (χ4v) is 0.201. The summed E-state index contributed by atoms with van der Waals surface area (Å²) in [6.07, 6.45) is 7.59. The minimum Gasteiger partial charge on any atom is -0.103 e. The summed E-state index contributed by atoms with van der Waals surface area (Å²) in [6, 6.07) is 0. The molecule has 0 aromatic rings. The zero-order valence-corrected chi connectivity index (χ0v) is 4.07. The molecular weight excluding hydrogens is 72.1 g/mol. The standard InChI is InChI=1S/C6H9/c1-3-5-6-4-2/h3,6H,1,5H2,2H3. The van der Waals surface area contributed by atoms with Crippen molar-refractivity contribution in [1.29, 1.82) is 0 Å². The Morgan fingerprint density at radius 2 is 2.50 bits per heavy atom. The molecule has 0 heteroatoms. The molecule has 0 unspecified atom stereocenters. The largest absolute Gasteiger partial charge is 0.103 e. The zero-order valence-electron chi connectivity index (χ0n) is 4.07. The Bertz CT molecular complexity index is 51.1. The van der Waals surface area contributed by atoms with Gasteiger partial charge in [-0.3, -0.25) is 0 Å². The molecule has 0 heterocycles. The van der Waals surface area contributed by atoms with E-state index in [2.05, 4.69) is 12.7 Å². The molecule has 0 fully saturated rings. The van der Waals surface area contributed by atoms with Gasteiger partial charge in [-0.25, -0.2) is 0 Å². The van der Waals surface area contributed by atoms with Gasteiger partial charge in [0.25, 0.3) is 0 Å². The van der Waals surface area contributed by atoms with E-state index in [-0.39, 0.29) is 0 Å². The van der Waals surface area contributed by atoms with Crippen molar-refractivity contribution in [3.05, 3.63) is 24.8 Å². The van der Waals surface area contributed by atoms with Crippen molar-refractivity contribution in [3.8, 4) is 0 Å². The van der Waals surface area contributed by atoms with E-state index in [1.165, 1.54) is 0 Å². The normalized spacial score (nSPS) is 9.50. The van der Waals surface area contributed by atoms with Crippen LogP contribution < -0.4 is 0 Å². The predicted octanol–water partition coefficient (Wildman–Crippen LogP) is 1.94. The van der Waals surface area contributed by atoms with Crippen LogP contribution in [-0.4, -0.2) is 0 Å². The Balaban J connectivity index is 2.85. The number of hydrogen-bond donors (Lipinski definition) is 0. The molecule has 0 nitrogen and oxygen atoms in total. The summed E-state index contributed by atoms with van der Waals surface area (Å²) < 4.78 is 0. The summed E-state index contributed by atoms with van der Waals surface area (Å²) in [6.45, 7) is 5.41. The quantitative estimate of drug-likeness (QED) is 0.445. The van der Waals surface area contributed by atoms with Gasteiger partial charge in [0.2, 0.25) is 0 Å². The van der Waals surface area contributed by atoms with Crippen LogP contribution >= 0.6 is 0 Å². The Labute approximate surface area is 39.2 Å². The van der Waals surface area contributed by atoms with E-state index in [4.69, 9.17) is 0 Å². The van der Waals surface area contributed by atoms with Crippen LogP contribution in [0.15, 0.2) is 18.7 Å². The maximum Gasteiger partial charge on any atom is -0.0166 e. The third-order valence-electron chi connectivity index (χ3n) is 0.489. The van der Waals surface area contributed by atoms with E-state index < -0.39 is 0 Å². The van der Waals surface area contributed by atoms with Gasteiger partial charge in [-0.05, 0) is 13.3 Å². The zero-order chi connectivity index (χ0) is 4.83. The summed E-state index contributed by atoms with van der Waals surface area (Å²) >= 11 is 0. The summed E-state index contributed by atoms with van der Waals surface area (Å²) in [4.78, 5) is 0. The van der Waals surface area contributed by atoms with Gasteiger partial charge in [0.05, 0.1) is 0 Å². The highest BCUT2D eigenvalue weighted by atomic mass is 13.6. The Hall–Kier alpha value is -0.520. The highest BCUT2D eigenvalue weighted by Gasteiger charge is 1.58. The van der Waals surface area contributed by atoms with E-state index in [0.717, 1.165) is 6.42 Å². The fourth-order valence-electron chi connectivity index (χ4n) is 0.201. The van der Waals surface area contributed by atoms with E-state index in [1.54, 1.807) is 0 Å². The SMILES string of the molecule is C=CC/C=[C]\C. The van der Waals surface area contributed by atoms with Gasteiger partial charge in [-0.2, -0.15) is 0 Å². The minimum absolute atomic E-state index is 0.941. The molecule has 0 aliphatic carbocycles. The first-order valence-corrected chi connectivity index (χ1v) is 2.01. The Morgan fingerprint density at radius 1 is 1.83 bits per heavy atom. The molecule has 0 aromatic heterocycles. The molecule has 0 N–H and O–H groups in total. The second kappa shape index (κ2) is 4.48. The molecule has 0 aliphatic rings. The van der Waals surface area contributed by atoms with Gasteiger partial charge in [0.1, 0.15) is 0 Å². The van der Waals surface area contributed by atoms with Crippen molar-refractivity contribution >= 4 is 0 Å². The molecule has 0 atom stereocenters. The first-order valence-electron chi connectivity index (χ1n) is 2.01. The average Bonchev–Trinajstić information content (AvgIpc) is 1.61. The molecule has 0 aliphatic heterocycles. The van der Waals surface area contributed by atoms with Crippen LogP contribution in [0.4, 0.5) is 0 Å². The van der Waals surface area contributed by atoms with Gasteiger partial charge in [0, 0.05) is 0 Å². The smallest absolute Gasteiger partial charge is 0.0166 e. The molecule has 0 rings (SSSR count). The second-order valence-corrected chi connectivity index (χ2v) is 1.02. The van der Waals surface area contributed by atoms with Crippen LogP contribution in [0.1, 0.15) is 13.3 Å². The molecule has 0 saturated carbocycles. The van der Waals surface area contributed by atoms with Crippen LogP contribution in [0.25, 0.3) is 0 Å². The van der Waals surface area contributed by atoms with Crippen LogP contribution in [0, 0.1) is 6.08 Å². The lowest BCUT2D eigenvalue weighted by atomic mass is 10.4. The van der Waals surface area contributed by atoms with Gasteiger partial charge < -0.3 is 0 Å². The third-order valence-corrected chi connectivity index (χ3v) is 0.489. The molecule has 6 heavy (non-hydrogen) atoms. The Kier molecular flexibility index (Phi) is 4.09. The van der Waals surface area contributed by atoms with Crippen molar-refractivity contribution in [1.82, 2.24) is 0 Å². The van der Waals surface area contributed by atoms with Crippen molar-refractivity contribution < 1.29 is 0 Å². The Morgan fingerprint density at radius 3 is 2.67 bits per heavy atom. The summed E-state index contributed by atoms with van der Waals surface area (Å²) in [5.74, 6) is 0. The monoisotopic (exact) mass is 81.1 g/mol. The van der Waals surface area contributed by atoms with E-state index in [9.17, 15) is 0 Å². The number of rotatable bonds is 2. The molecule has 0 aromatic carbocycles. The maximum absolute atomic E-state index is 3.53. The molecule has 0 bridgehead atoms. The molecule has 33 valence electrons. The van der Waals surface area contributed by atoms with Crippen molar-refractivity contribution in [2.45, 2.75) is 13.3 Å². The summed E-state index contributed by atoms with van der Waals surface area (Å²) in [5, 5.41) is 0. The highest BCUT2D eigenvalue weighted by Crippen LogP contribution is 1.78. The maximum atomic E-state index is 3.53. The van der Waals surface area contributed by atoms with Crippen molar-refractivity contribution in [3.63, 3.8) is 0 Å². The van der Waals surface area contributed by atoms with Crippen molar-refractivity contribution in [2.75, 3.05) is 0 Å². The molecular formula is C6H9. The molecule has 0 spiro atoms. The predicted molar refractivity (Wildman–Crippen MR) is 28.3 cm³/mol. The summed E-state index contributed by atoms with van der Waals surface area (Å²) in [7, 11) is 0. The van der Waals surface area contributed by atoms with Gasteiger partial charge >= 0.3 is 0 Å². The molecule has 1 radical (unpaired) electrons. The fraction of sp³-hybridized carbons (Fsp3) is 0.333. The lowest BCUT2D eigenvalue weighted by molar-refractivity contribution is 1.37. The third kappa shape index (κ3) is 3.48. The highest BCUT2D eigenvalue weighted by molar-refractivity contribution is 4.80. The minimum atomic E-state index is 0.941. The number of hydrogen-bond acceptors (Lipinski definition) is 0. The average molecular weight is 81.1 g/mol. The van der Waals surface area contributed by atoms with Crippen LogP contribution in [0.2, 0.25) is 0 Å². The van der Waals surface area contributed by atoms with Crippen LogP contribution in [0.5, 0.6) is 0 Å². The van der Waals surface area contributed by atoms with Crippen LogP contribution in [-0.2, 0) is 0 Å². The first kappa shape index (κ1) is 5.48. The molecule has 0 saturated heterocycles. The molecule has 0 amide bonds. The number of allylic oxidation sites excluding steroid dienone is 3. The van der Waals surface area contributed by atoms with Gasteiger partial charge in [-0.15, -0.1) is 6.58 Å². The van der Waals surface area contributed by atoms with E-state index in [0.29, 0.717) is 0 Å². The lowest BCUT2D eigenvalue weighted by Crippen LogP contribution is -1.49. The van der Waals surface area contributed by atoms with E-state index >= 15 is 0 Å². The van der Waals surface area contributed by atoms with Crippen LogP contribution in [0.3, 0.4) is 0 Å². The van der Waals surface area contributed by atoms with Crippen molar-refractivity contribution in [2.24, 2.45) is 0 Å². The topological polar surface area (TPSA) is 0 Å². The second-order valence-electron chi connectivity index (χ2n) is 1.02. The van der Waals surface area contributed by atoms with Gasteiger partial charge in [0.15, 0.2) is 0 Å². The first-order chi connectivity index (χ1) is 2.91. The van der Waals surface area contributed by atoms with Gasteiger partial charge in [-0.1, -0.05) is 18.2 Å². The summed E-state index contributed by atoms with van der Waals surface area (Å²) in [5.41, 5.74) is 0.